The van der Waals surface area contributed by atoms with Crippen LogP contribution in [0.1, 0.15) is 34.6 Å². The van der Waals surface area contributed by atoms with Gasteiger partial charge in [-0.1, -0.05) is 84.9 Å². The first-order valence-electron chi connectivity index (χ1n) is 9.81. The van der Waals surface area contributed by atoms with E-state index in [9.17, 15) is 9.90 Å². The van der Waals surface area contributed by atoms with Crippen molar-refractivity contribution >= 4 is 5.91 Å². The van der Waals surface area contributed by atoms with Gasteiger partial charge >= 0.3 is 0 Å². The van der Waals surface area contributed by atoms with Crippen LogP contribution in [0, 0.1) is 0 Å². The molecule has 0 aliphatic heterocycles. The van der Waals surface area contributed by atoms with Gasteiger partial charge in [0.25, 0.3) is 0 Å². The number of fused-ring (bicyclic) bond motifs is 1. The van der Waals surface area contributed by atoms with Crippen LogP contribution in [-0.4, -0.2) is 23.2 Å². The summed E-state index contributed by atoms with van der Waals surface area (Å²) in [4.78, 5) is 13.2. The van der Waals surface area contributed by atoms with Crippen LogP contribution >= 0.6 is 0 Å². The molecule has 0 aromatic heterocycles. The zero-order valence-electron chi connectivity index (χ0n) is 15.8. The third-order valence-corrected chi connectivity index (χ3v) is 5.62. The van der Waals surface area contributed by atoms with Crippen molar-refractivity contribution in [3.8, 4) is 0 Å². The smallest absolute Gasteiger partial charge is 0.232 e. The van der Waals surface area contributed by atoms with Crippen LogP contribution in [0.3, 0.4) is 0 Å². The molecule has 1 atom stereocenters. The van der Waals surface area contributed by atoms with E-state index in [1.165, 1.54) is 11.1 Å². The van der Waals surface area contributed by atoms with E-state index < -0.39 is 5.60 Å². The van der Waals surface area contributed by atoms with E-state index in [0.29, 0.717) is 12.8 Å². The van der Waals surface area contributed by atoms with Gasteiger partial charge in [-0.15, -0.1) is 0 Å². The van der Waals surface area contributed by atoms with E-state index >= 15 is 0 Å². The van der Waals surface area contributed by atoms with Crippen LogP contribution in [0.4, 0.5) is 0 Å². The van der Waals surface area contributed by atoms with Gasteiger partial charge in [0, 0.05) is 13.0 Å². The van der Waals surface area contributed by atoms with Crippen LogP contribution in [0.2, 0.25) is 0 Å². The molecule has 4 rings (SSSR count). The number of benzene rings is 3. The molecule has 0 heterocycles. The summed E-state index contributed by atoms with van der Waals surface area (Å²) in [7, 11) is 0. The Morgan fingerprint density at radius 2 is 1.39 bits per heavy atom. The van der Waals surface area contributed by atoms with E-state index in [-0.39, 0.29) is 18.4 Å². The van der Waals surface area contributed by atoms with E-state index in [4.69, 9.17) is 0 Å². The highest BCUT2D eigenvalue weighted by molar-refractivity contribution is 5.87. The highest BCUT2D eigenvalue weighted by atomic mass is 16.3. The maximum absolute atomic E-state index is 13.2. The van der Waals surface area contributed by atoms with E-state index in [2.05, 4.69) is 17.4 Å². The second-order valence-corrected chi connectivity index (χ2v) is 7.64. The highest BCUT2D eigenvalue weighted by Gasteiger charge is 2.33. The Bertz CT molecular complexity index is 900. The number of nitrogens with one attached hydrogen (secondary N) is 1. The second kappa shape index (κ2) is 7.99. The predicted octanol–water partition coefficient (Wildman–Crippen LogP) is 3.85. The summed E-state index contributed by atoms with van der Waals surface area (Å²) in [6, 6.07) is 27.8. The number of aliphatic hydroxyl groups is 1. The van der Waals surface area contributed by atoms with Crippen molar-refractivity contribution in [2.45, 2.75) is 30.8 Å². The molecule has 1 aliphatic rings. The zero-order chi connectivity index (χ0) is 19.4. The molecule has 0 bridgehead atoms. The van der Waals surface area contributed by atoms with Crippen LogP contribution in [0.5, 0.6) is 0 Å². The Balaban J connectivity index is 1.51. The minimum Gasteiger partial charge on any atom is -0.388 e. The minimum absolute atomic E-state index is 0.0790. The van der Waals surface area contributed by atoms with Crippen LogP contribution in [0.25, 0.3) is 0 Å². The third kappa shape index (κ3) is 4.00. The minimum atomic E-state index is -0.901. The summed E-state index contributed by atoms with van der Waals surface area (Å²) >= 11 is 0. The largest absolute Gasteiger partial charge is 0.388 e. The van der Waals surface area contributed by atoms with Gasteiger partial charge in [0.2, 0.25) is 5.91 Å². The Morgan fingerprint density at radius 1 is 0.857 bits per heavy atom. The first-order chi connectivity index (χ1) is 13.6. The molecular formula is C25H25NO2. The molecule has 0 saturated carbocycles. The van der Waals surface area contributed by atoms with Crippen LogP contribution < -0.4 is 5.32 Å². The molecule has 2 N–H and O–H groups in total. The molecule has 0 radical (unpaired) electrons. The Labute approximate surface area is 166 Å². The van der Waals surface area contributed by atoms with Crippen molar-refractivity contribution in [2.24, 2.45) is 0 Å². The maximum atomic E-state index is 13.2. The summed E-state index contributed by atoms with van der Waals surface area (Å²) < 4.78 is 0. The fraction of sp³-hybridized carbons (Fsp3) is 0.240. The van der Waals surface area contributed by atoms with E-state index in [0.717, 1.165) is 17.5 Å². The molecule has 3 aromatic carbocycles. The van der Waals surface area contributed by atoms with Crippen LogP contribution in [0.15, 0.2) is 84.9 Å². The number of hydrogen-bond acceptors (Lipinski definition) is 2. The van der Waals surface area contributed by atoms with Gasteiger partial charge in [0.1, 0.15) is 0 Å². The van der Waals surface area contributed by atoms with Crippen molar-refractivity contribution < 1.29 is 9.90 Å². The molecule has 28 heavy (non-hydrogen) atoms. The quantitative estimate of drug-likeness (QED) is 0.716. The third-order valence-electron chi connectivity index (χ3n) is 5.62. The molecule has 0 saturated heterocycles. The Kier molecular flexibility index (Phi) is 5.27. The fourth-order valence-corrected chi connectivity index (χ4v) is 4.07. The zero-order valence-corrected chi connectivity index (χ0v) is 15.8. The van der Waals surface area contributed by atoms with Gasteiger partial charge < -0.3 is 10.4 Å². The SMILES string of the molecule is O=C(NCC1(O)CCc2ccccc2C1)C(c1ccccc1)c1ccccc1. The normalized spacial score (nSPS) is 18.5. The van der Waals surface area contributed by atoms with Crippen molar-refractivity contribution in [3.05, 3.63) is 107 Å². The average molecular weight is 371 g/mol. The van der Waals surface area contributed by atoms with Crippen molar-refractivity contribution in [2.75, 3.05) is 6.54 Å². The molecule has 1 aliphatic carbocycles. The van der Waals surface area contributed by atoms with Crippen molar-refractivity contribution in [3.63, 3.8) is 0 Å². The molecule has 3 heteroatoms. The summed E-state index contributed by atoms with van der Waals surface area (Å²) in [5.41, 5.74) is 3.47. The lowest BCUT2D eigenvalue weighted by atomic mass is 9.80. The van der Waals surface area contributed by atoms with Gasteiger partial charge in [-0.25, -0.2) is 0 Å². The summed E-state index contributed by atoms with van der Waals surface area (Å²) in [6.07, 6.45) is 2.07. The number of amides is 1. The molecule has 3 aromatic rings. The summed E-state index contributed by atoms with van der Waals surface area (Å²) in [6.45, 7) is 0.260. The molecule has 1 unspecified atom stereocenters. The second-order valence-electron chi connectivity index (χ2n) is 7.64. The van der Waals surface area contributed by atoms with Gasteiger partial charge in [-0.2, -0.15) is 0 Å². The molecule has 0 spiro atoms. The maximum Gasteiger partial charge on any atom is 0.232 e. The number of aryl methyl sites for hydroxylation is 1. The lowest BCUT2D eigenvalue weighted by molar-refractivity contribution is -0.123. The standard InChI is InChI=1S/C25H25NO2/c27-24(23(20-10-3-1-4-11-20)21-12-5-2-6-13-21)26-18-25(28)16-15-19-9-7-8-14-22(19)17-25/h1-14,23,28H,15-18H2,(H,26,27). The first kappa shape index (κ1) is 18.5. The first-order valence-corrected chi connectivity index (χ1v) is 9.81. The number of carbonyl (C=O) groups is 1. The van der Waals surface area contributed by atoms with E-state index in [1.54, 1.807) is 0 Å². The Hall–Kier alpha value is -2.91. The Morgan fingerprint density at radius 3 is 2.00 bits per heavy atom. The van der Waals surface area contributed by atoms with Gasteiger partial charge in [-0.3, -0.25) is 4.79 Å². The molecule has 142 valence electrons. The average Bonchev–Trinajstić information content (AvgIpc) is 2.74. The molecule has 1 amide bonds. The van der Waals surface area contributed by atoms with Gasteiger partial charge in [-0.05, 0) is 35.1 Å². The van der Waals surface area contributed by atoms with Gasteiger partial charge in [0.05, 0.1) is 11.5 Å². The van der Waals surface area contributed by atoms with Crippen molar-refractivity contribution in [1.82, 2.24) is 5.32 Å². The lowest BCUT2D eigenvalue weighted by Gasteiger charge is -2.34. The topological polar surface area (TPSA) is 49.3 Å². The molecule has 0 fully saturated rings. The summed E-state index contributed by atoms with van der Waals surface area (Å²) in [5, 5.41) is 14.1. The van der Waals surface area contributed by atoms with Crippen LogP contribution in [-0.2, 0) is 17.6 Å². The molecular weight excluding hydrogens is 346 g/mol. The lowest BCUT2D eigenvalue weighted by Crippen LogP contribution is -2.47. The monoisotopic (exact) mass is 371 g/mol. The molecule has 3 nitrogen and oxygen atoms in total. The number of hydrogen-bond donors (Lipinski definition) is 2. The predicted molar refractivity (Wildman–Crippen MR) is 111 cm³/mol. The van der Waals surface area contributed by atoms with Gasteiger partial charge in [0.15, 0.2) is 0 Å². The summed E-state index contributed by atoms with van der Waals surface area (Å²) in [5.74, 6) is -0.466. The van der Waals surface area contributed by atoms with Crippen molar-refractivity contribution in [1.29, 1.82) is 0 Å². The number of carbonyl (C=O) groups excluding carboxylic acids is 1. The van der Waals surface area contributed by atoms with E-state index in [1.807, 2.05) is 72.8 Å². The fourth-order valence-electron chi connectivity index (χ4n) is 4.07. The highest BCUT2D eigenvalue weighted by Crippen LogP contribution is 2.29. The number of rotatable bonds is 5.